The Morgan fingerprint density at radius 2 is 2.06 bits per heavy atom. The predicted molar refractivity (Wildman–Crippen MR) is 128 cm³/mol. The molecule has 31 heavy (non-hydrogen) atoms. The predicted octanol–water partition coefficient (Wildman–Crippen LogP) is 4.11. The molecule has 1 aromatic carbocycles. The van der Waals surface area contributed by atoms with Gasteiger partial charge in [0, 0.05) is 50.2 Å². The number of carbonyl (C=O) groups excluding carboxylic acids is 1. The maximum absolute atomic E-state index is 12.3. The van der Waals surface area contributed by atoms with Crippen LogP contribution in [-0.4, -0.2) is 60.5 Å². The first-order chi connectivity index (χ1) is 15.2. The molecule has 2 aliphatic rings. The number of benzene rings is 1. The zero-order valence-corrected chi connectivity index (χ0v) is 19.4. The lowest BCUT2D eigenvalue weighted by molar-refractivity contribution is -0.120. The van der Waals surface area contributed by atoms with Crippen LogP contribution in [0.5, 0.6) is 0 Å². The van der Waals surface area contributed by atoms with E-state index in [0.29, 0.717) is 6.42 Å². The Balaban J connectivity index is 1.28. The van der Waals surface area contributed by atoms with Crippen LogP contribution in [0.3, 0.4) is 0 Å². The molecule has 2 heterocycles. The fourth-order valence-corrected chi connectivity index (χ4v) is 5.13. The molecule has 0 atom stereocenters. The monoisotopic (exact) mass is 438 g/mol. The molecular formula is C25H34N4OS. The molecule has 0 saturated carbocycles. The minimum atomic E-state index is 0.0667. The molecule has 1 aliphatic heterocycles. The number of hydrogen-bond acceptors (Lipinski definition) is 5. The van der Waals surface area contributed by atoms with Gasteiger partial charge in [0.15, 0.2) is 0 Å². The quantitative estimate of drug-likeness (QED) is 0.630. The minimum absolute atomic E-state index is 0.0667. The Labute approximate surface area is 190 Å². The fraction of sp³-hybridized carbons (Fsp3) is 0.520. The molecule has 1 amide bonds. The van der Waals surface area contributed by atoms with Crippen molar-refractivity contribution in [2.75, 3.05) is 39.8 Å². The van der Waals surface area contributed by atoms with E-state index in [9.17, 15) is 4.79 Å². The summed E-state index contributed by atoms with van der Waals surface area (Å²) in [6, 6.07) is 8.69. The van der Waals surface area contributed by atoms with Crippen LogP contribution in [0.4, 0.5) is 0 Å². The van der Waals surface area contributed by atoms with E-state index >= 15 is 0 Å². The molecular weight excluding hydrogens is 404 g/mol. The number of nitrogens with one attached hydrogen (secondary N) is 1. The Bertz CT molecular complexity index is 898. The van der Waals surface area contributed by atoms with Gasteiger partial charge in [-0.3, -0.25) is 9.69 Å². The Morgan fingerprint density at radius 1 is 1.19 bits per heavy atom. The van der Waals surface area contributed by atoms with Crippen molar-refractivity contribution in [1.29, 1.82) is 0 Å². The van der Waals surface area contributed by atoms with E-state index < -0.39 is 0 Å². The molecule has 1 fully saturated rings. The van der Waals surface area contributed by atoms with E-state index in [1.807, 2.05) is 5.38 Å². The number of piperazine rings is 1. The lowest BCUT2D eigenvalue weighted by Crippen LogP contribution is -2.43. The normalized spacial score (nSPS) is 18.0. The second kappa shape index (κ2) is 11.0. The van der Waals surface area contributed by atoms with Crippen LogP contribution in [0.1, 0.15) is 43.4 Å². The molecule has 166 valence electrons. The lowest BCUT2D eigenvalue weighted by atomic mass is 9.97. The number of aromatic nitrogens is 1. The highest BCUT2D eigenvalue weighted by molar-refractivity contribution is 7.13. The van der Waals surface area contributed by atoms with Gasteiger partial charge in [-0.15, -0.1) is 11.3 Å². The van der Waals surface area contributed by atoms with Gasteiger partial charge in [-0.1, -0.05) is 29.8 Å². The maximum atomic E-state index is 12.3. The van der Waals surface area contributed by atoms with Crippen molar-refractivity contribution in [3.8, 4) is 10.6 Å². The van der Waals surface area contributed by atoms with Crippen LogP contribution < -0.4 is 5.32 Å². The van der Waals surface area contributed by atoms with E-state index in [1.165, 1.54) is 36.8 Å². The third-order valence-electron chi connectivity index (χ3n) is 6.22. The van der Waals surface area contributed by atoms with Gasteiger partial charge < -0.3 is 10.2 Å². The zero-order chi connectivity index (χ0) is 21.5. The Morgan fingerprint density at radius 3 is 2.87 bits per heavy atom. The van der Waals surface area contributed by atoms with E-state index in [4.69, 9.17) is 4.98 Å². The summed E-state index contributed by atoms with van der Waals surface area (Å²) in [7, 11) is 2.19. The smallest absolute Gasteiger partial charge is 0.226 e. The molecule has 1 saturated heterocycles. The van der Waals surface area contributed by atoms with Gasteiger partial charge >= 0.3 is 0 Å². The van der Waals surface area contributed by atoms with Crippen LogP contribution in [0.25, 0.3) is 10.6 Å². The molecule has 0 spiro atoms. The number of allylic oxidation sites excluding steroid dienone is 1. The summed E-state index contributed by atoms with van der Waals surface area (Å²) >= 11 is 1.63. The van der Waals surface area contributed by atoms with E-state index in [1.54, 1.807) is 11.3 Å². The van der Waals surface area contributed by atoms with Crippen molar-refractivity contribution < 1.29 is 4.79 Å². The van der Waals surface area contributed by atoms with Crippen LogP contribution in [0.15, 0.2) is 41.3 Å². The number of likely N-dealkylation sites (N-methyl/N-ethyl adjacent to an activating group) is 1. The van der Waals surface area contributed by atoms with E-state index in [-0.39, 0.29) is 5.91 Å². The number of nitrogens with zero attached hydrogens (tertiary/aromatic N) is 3. The van der Waals surface area contributed by atoms with Crippen molar-refractivity contribution in [3.05, 3.63) is 52.6 Å². The lowest BCUT2D eigenvalue weighted by Gasteiger charge is -2.32. The summed E-state index contributed by atoms with van der Waals surface area (Å²) in [5, 5.41) is 6.08. The topological polar surface area (TPSA) is 48.5 Å². The second-order valence-corrected chi connectivity index (χ2v) is 9.67. The summed E-state index contributed by atoms with van der Waals surface area (Å²) in [5.41, 5.74) is 4.83. The van der Waals surface area contributed by atoms with Gasteiger partial charge in [-0.2, -0.15) is 0 Å². The van der Waals surface area contributed by atoms with Crippen LogP contribution in [-0.2, 0) is 17.8 Å². The largest absolute Gasteiger partial charge is 0.355 e. The highest BCUT2D eigenvalue weighted by atomic mass is 32.1. The molecule has 1 N–H and O–H groups in total. The molecule has 6 heteroatoms. The van der Waals surface area contributed by atoms with Gasteiger partial charge in [0.25, 0.3) is 0 Å². The third-order valence-corrected chi connectivity index (χ3v) is 7.16. The standard InChI is InChI=1S/C25H34N4OS/c1-28-12-14-29(15-13-28)18-21-8-5-9-22(16-21)25-27-23(19-31-25)17-24(30)26-11-10-20-6-3-2-4-7-20/h5-6,8-9,16,19H,2-4,7,10-15,17-18H2,1H3,(H,26,30). The molecule has 1 aromatic heterocycles. The first kappa shape index (κ1) is 22.2. The first-order valence-corrected chi connectivity index (χ1v) is 12.4. The summed E-state index contributed by atoms with van der Waals surface area (Å²) in [6.07, 6.45) is 8.67. The van der Waals surface area contributed by atoms with Gasteiger partial charge in [0.2, 0.25) is 5.91 Å². The molecule has 1 aliphatic carbocycles. The highest BCUT2D eigenvalue weighted by Crippen LogP contribution is 2.25. The number of hydrogen-bond donors (Lipinski definition) is 1. The van der Waals surface area contributed by atoms with E-state index in [0.717, 1.165) is 62.0 Å². The van der Waals surface area contributed by atoms with Gasteiger partial charge in [0.1, 0.15) is 5.01 Å². The number of rotatable bonds is 8. The highest BCUT2D eigenvalue weighted by Gasteiger charge is 2.15. The van der Waals surface area contributed by atoms with Gasteiger partial charge in [-0.05, 0) is 50.8 Å². The molecule has 0 bridgehead atoms. The van der Waals surface area contributed by atoms with Crippen molar-refractivity contribution in [2.45, 2.75) is 45.1 Å². The van der Waals surface area contributed by atoms with Crippen molar-refractivity contribution >= 4 is 17.2 Å². The van der Waals surface area contributed by atoms with Crippen LogP contribution in [0.2, 0.25) is 0 Å². The second-order valence-electron chi connectivity index (χ2n) is 8.81. The van der Waals surface area contributed by atoms with Crippen LogP contribution in [0, 0.1) is 0 Å². The van der Waals surface area contributed by atoms with Crippen molar-refractivity contribution in [1.82, 2.24) is 20.1 Å². The fourth-order valence-electron chi connectivity index (χ4n) is 4.31. The molecule has 4 rings (SSSR count). The zero-order valence-electron chi connectivity index (χ0n) is 18.6. The average molecular weight is 439 g/mol. The molecule has 0 radical (unpaired) electrons. The molecule has 0 unspecified atom stereocenters. The number of carbonyl (C=O) groups is 1. The minimum Gasteiger partial charge on any atom is -0.355 e. The third kappa shape index (κ3) is 6.73. The van der Waals surface area contributed by atoms with Gasteiger partial charge in [0.05, 0.1) is 12.1 Å². The van der Waals surface area contributed by atoms with Gasteiger partial charge in [-0.25, -0.2) is 4.98 Å². The maximum Gasteiger partial charge on any atom is 0.226 e. The number of thiazole rings is 1. The summed E-state index contributed by atoms with van der Waals surface area (Å²) in [6.45, 7) is 6.22. The Kier molecular flexibility index (Phi) is 7.89. The van der Waals surface area contributed by atoms with Crippen LogP contribution >= 0.6 is 11.3 Å². The number of amides is 1. The summed E-state index contributed by atoms with van der Waals surface area (Å²) in [5.74, 6) is 0.0667. The first-order valence-electron chi connectivity index (χ1n) is 11.5. The Hall–Kier alpha value is -2.02. The average Bonchev–Trinajstić information content (AvgIpc) is 3.25. The van der Waals surface area contributed by atoms with Crippen molar-refractivity contribution in [3.63, 3.8) is 0 Å². The molecule has 2 aromatic rings. The SMILES string of the molecule is CN1CCN(Cc2cccc(-c3nc(CC(=O)NCCC4=CCCCC4)cs3)c2)CC1. The van der Waals surface area contributed by atoms with E-state index in [2.05, 4.69) is 52.5 Å². The molecule has 5 nitrogen and oxygen atoms in total. The summed E-state index contributed by atoms with van der Waals surface area (Å²) in [4.78, 5) is 22.0. The van der Waals surface area contributed by atoms with Crippen molar-refractivity contribution in [2.24, 2.45) is 0 Å². The summed E-state index contributed by atoms with van der Waals surface area (Å²) < 4.78 is 0.